The van der Waals surface area contributed by atoms with Crippen LogP contribution >= 0.6 is 11.8 Å². The molecular formula is C23H24N4O5S. The first kappa shape index (κ1) is 22.7. The number of hydrogen-bond donors (Lipinski definition) is 0. The SMILES string of the molecule is CCC(=O)N1c2ccccc2-c2c([O-])nc(SC)n[n+]2C1c1c(OC)cc(OC)cc1OC. The average Bonchev–Trinajstić information content (AvgIpc) is 2.86. The Balaban J connectivity index is 2.14. The van der Waals surface area contributed by atoms with E-state index in [-0.39, 0.29) is 18.0 Å². The van der Waals surface area contributed by atoms with Crippen LogP contribution in [0.15, 0.2) is 41.6 Å². The van der Waals surface area contributed by atoms with Crippen LogP contribution in [-0.2, 0) is 4.79 Å². The minimum atomic E-state index is -0.847. The number of fused-ring (bicyclic) bond motifs is 3. The Morgan fingerprint density at radius 2 is 1.82 bits per heavy atom. The van der Waals surface area contributed by atoms with E-state index in [1.807, 2.05) is 18.2 Å². The Morgan fingerprint density at radius 3 is 2.39 bits per heavy atom. The fourth-order valence-electron chi connectivity index (χ4n) is 4.01. The third-order valence-corrected chi connectivity index (χ3v) is 6.02. The number of methoxy groups -OCH3 is 3. The molecule has 1 aliphatic heterocycles. The van der Waals surface area contributed by atoms with Gasteiger partial charge in [-0.1, -0.05) is 35.5 Å². The van der Waals surface area contributed by atoms with Crippen LogP contribution in [0, 0.1) is 0 Å². The molecule has 2 heterocycles. The second kappa shape index (κ2) is 9.14. The lowest BCUT2D eigenvalue weighted by Crippen LogP contribution is -2.59. The number of thioether (sulfide) groups is 1. The highest BCUT2D eigenvalue weighted by Crippen LogP contribution is 2.46. The zero-order chi connectivity index (χ0) is 23.7. The number of amides is 1. The van der Waals surface area contributed by atoms with E-state index >= 15 is 0 Å². The zero-order valence-electron chi connectivity index (χ0n) is 19.0. The van der Waals surface area contributed by atoms with Gasteiger partial charge in [0.15, 0.2) is 0 Å². The molecule has 1 unspecified atom stereocenters. The maximum absolute atomic E-state index is 13.4. The number of ether oxygens (including phenoxy) is 3. The van der Waals surface area contributed by atoms with Crippen LogP contribution in [0.1, 0.15) is 25.1 Å². The maximum Gasteiger partial charge on any atom is 0.300 e. The zero-order valence-corrected chi connectivity index (χ0v) is 19.8. The molecule has 1 atom stereocenters. The first-order valence-corrected chi connectivity index (χ1v) is 11.5. The Hall–Kier alpha value is -3.53. The Morgan fingerprint density at radius 1 is 1.15 bits per heavy atom. The van der Waals surface area contributed by atoms with Gasteiger partial charge in [-0.2, -0.15) is 0 Å². The van der Waals surface area contributed by atoms with Crippen LogP contribution in [0.4, 0.5) is 5.69 Å². The summed E-state index contributed by atoms with van der Waals surface area (Å²) in [5, 5.41) is 18.1. The van der Waals surface area contributed by atoms with Gasteiger partial charge in [-0.3, -0.25) is 4.79 Å². The number of rotatable bonds is 6. The molecule has 0 N–H and O–H groups in total. The van der Waals surface area contributed by atoms with Crippen molar-refractivity contribution in [1.29, 1.82) is 0 Å². The molecule has 0 radical (unpaired) electrons. The summed E-state index contributed by atoms with van der Waals surface area (Å²) in [6.45, 7) is 1.79. The minimum absolute atomic E-state index is 0.151. The quantitative estimate of drug-likeness (QED) is 0.402. The van der Waals surface area contributed by atoms with Crippen molar-refractivity contribution >= 4 is 23.4 Å². The van der Waals surface area contributed by atoms with Crippen LogP contribution in [0.25, 0.3) is 11.3 Å². The summed E-state index contributed by atoms with van der Waals surface area (Å²) in [6.07, 6.45) is 1.18. The van der Waals surface area contributed by atoms with E-state index in [9.17, 15) is 9.90 Å². The third-order valence-electron chi connectivity index (χ3n) is 5.48. The van der Waals surface area contributed by atoms with E-state index in [0.717, 1.165) is 0 Å². The van der Waals surface area contributed by atoms with E-state index in [1.165, 1.54) is 26.0 Å². The number of para-hydroxylation sites is 1. The van der Waals surface area contributed by atoms with Crippen molar-refractivity contribution < 1.29 is 28.8 Å². The van der Waals surface area contributed by atoms with E-state index < -0.39 is 12.0 Å². The number of benzene rings is 2. The van der Waals surface area contributed by atoms with Crippen molar-refractivity contribution in [2.75, 3.05) is 32.5 Å². The summed E-state index contributed by atoms with van der Waals surface area (Å²) in [6, 6.07) is 10.7. The molecule has 2 aromatic carbocycles. The van der Waals surface area contributed by atoms with Crippen molar-refractivity contribution in [2.24, 2.45) is 0 Å². The molecule has 1 aromatic heterocycles. The number of nitrogens with zero attached hydrogens (tertiary/aromatic N) is 4. The minimum Gasteiger partial charge on any atom is -0.854 e. The van der Waals surface area contributed by atoms with Crippen molar-refractivity contribution in [1.82, 2.24) is 10.1 Å². The van der Waals surface area contributed by atoms with Gasteiger partial charge in [0.1, 0.15) is 22.8 Å². The van der Waals surface area contributed by atoms with Crippen LogP contribution in [-0.4, -0.2) is 43.6 Å². The summed E-state index contributed by atoms with van der Waals surface area (Å²) < 4.78 is 18.3. The van der Waals surface area contributed by atoms with E-state index in [4.69, 9.17) is 14.2 Å². The first-order chi connectivity index (χ1) is 16.0. The molecule has 9 nitrogen and oxygen atoms in total. The number of hydrogen-bond acceptors (Lipinski definition) is 8. The van der Waals surface area contributed by atoms with Gasteiger partial charge in [0.05, 0.1) is 38.5 Å². The molecule has 0 bridgehead atoms. The third kappa shape index (κ3) is 3.70. The van der Waals surface area contributed by atoms with Crippen LogP contribution < -0.4 is 28.9 Å². The van der Waals surface area contributed by atoms with Gasteiger partial charge in [-0.25, -0.2) is 9.88 Å². The highest BCUT2D eigenvalue weighted by atomic mass is 32.2. The summed E-state index contributed by atoms with van der Waals surface area (Å²) in [5.74, 6) is 0.808. The number of carbonyl (C=O) groups is 1. The van der Waals surface area contributed by atoms with Gasteiger partial charge in [0.2, 0.25) is 5.91 Å². The summed E-state index contributed by atoms with van der Waals surface area (Å²) in [7, 11) is 4.60. The summed E-state index contributed by atoms with van der Waals surface area (Å²) in [4.78, 5) is 19.1. The molecular weight excluding hydrogens is 444 g/mol. The molecule has 172 valence electrons. The topological polar surface area (TPSA) is 101 Å². The smallest absolute Gasteiger partial charge is 0.300 e. The van der Waals surface area contributed by atoms with Gasteiger partial charge in [0, 0.05) is 23.7 Å². The van der Waals surface area contributed by atoms with Gasteiger partial charge in [-0.05, 0) is 18.4 Å². The molecule has 10 heteroatoms. The molecule has 0 saturated heterocycles. The van der Waals surface area contributed by atoms with Gasteiger partial charge >= 0.3 is 0 Å². The highest BCUT2D eigenvalue weighted by molar-refractivity contribution is 7.98. The largest absolute Gasteiger partial charge is 0.854 e. The van der Waals surface area contributed by atoms with Gasteiger partial charge < -0.3 is 19.3 Å². The second-order valence-corrected chi connectivity index (χ2v) is 7.92. The Labute approximate surface area is 195 Å². The lowest BCUT2D eigenvalue weighted by atomic mass is 9.99. The number of anilines is 1. The van der Waals surface area contributed by atoms with Crippen LogP contribution in [0.5, 0.6) is 23.1 Å². The predicted molar refractivity (Wildman–Crippen MR) is 121 cm³/mol. The monoisotopic (exact) mass is 468 g/mol. The average molecular weight is 469 g/mol. The van der Waals surface area contributed by atoms with Gasteiger partial charge in [-0.15, -0.1) is 0 Å². The standard InChI is InChI=1S/C23H24N4O5S/c1-6-18(28)26-15-10-8-7-9-14(15)20-21(29)24-23(33-5)25-27(20)22(26)19-16(31-3)11-13(30-2)12-17(19)32-4/h7-12,22H,6H2,1-5H3. The van der Waals surface area contributed by atoms with Crippen molar-refractivity contribution in [3.05, 3.63) is 42.0 Å². The Kier molecular flexibility index (Phi) is 6.28. The lowest BCUT2D eigenvalue weighted by Gasteiger charge is -2.34. The second-order valence-electron chi connectivity index (χ2n) is 7.15. The molecule has 1 amide bonds. The molecule has 0 fully saturated rings. The van der Waals surface area contributed by atoms with E-state index in [1.54, 1.807) is 48.1 Å². The fourth-order valence-corrected chi connectivity index (χ4v) is 4.35. The van der Waals surface area contributed by atoms with E-state index in [2.05, 4.69) is 10.1 Å². The van der Waals surface area contributed by atoms with Crippen LogP contribution in [0.2, 0.25) is 0 Å². The molecule has 0 aliphatic carbocycles. The molecule has 0 spiro atoms. The van der Waals surface area contributed by atoms with Crippen molar-refractivity contribution in [3.8, 4) is 34.4 Å². The lowest BCUT2D eigenvalue weighted by molar-refractivity contribution is -0.764. The Bertz CT molecular complexity index is 1190. The highest BCUT2D eigenvalue weighted by Gasteiger charge is 2.47. The number of aromatic nitrogens is 3. The molecule has 4 rings (SSSR count). The maximum atomic E-state index is 13.4. The molecule has 33 heavy (non-hydrogen) atoms. The summed E-state index contributed by atoms with van der Waals surface area (Å²) >= 11 is 1.25. The fraction of sp³-hybridized carbons (Fsp3) is 0.304. The summed E-state index contributed by atoms with van der Waals surface area (Å²) in [5.41, 5.74) is 1.99. The van der Waals surface area contributed by atoms with Gasteiger partial charge in [0.25, 0.3) is 17.0 Å². The normalized spacial score (nSPS) is 14.3. The van der Waals surface area contributed by atoms with Crippen LogP contribution in [0.3, 0.4) is 0 Å². The molecule has 0 saturated carbocycles. The molecule has 1 aliphatic rings. The first-order valence-electron chi connectivity index (χ1n) is 10.2. The van der Waals surface area contributed by atoms with Crippen molar-refractivity contribution in [2.45, 2.75) is 24.7 Å². The van der Waals surface area contributed by atoms with Crippen molar-refractivity contribution in [3.63, 3.8) is 0 Å². The number of carbonyl (C=O) groups excluding carboxylic acids is 1. The van der Waals surface area contributed by atoms with E-state index in [0.29, 0.717) is 39.2 Å². The predicted octanol–water partition coefficient (Wildman–Crippen LogP) is 2.56. The molecule has 3 aromatic rings.